The van der Waals surface area contributed by atoms with Crippen molar-refractivity contribution in [3.05, 3.63) is 35.6 Å². The Hall–Kier alpha value is -0.935. The second-order valence-corrected chi connectivity index (χ2v) is 6.07. The molecular formula is C14H19BF2O2. The fourth-order valence-electron chi connectivity index (χ4n) is 2.05. The Bertz CT molecular complexity index is 450. The van der Waals surface area contributed by atoms with Crippen molar-refractivity contribution in [3.63, 3.8) is 0 Å². The van der Waals surface area contributed by atoms with Crippen LogP contribution >= 0.6 is 0 Å². The number of rotatable bonds is 1. The molecule has 0 saturated carbocycles. The normalized spacial score (nSPS) is 29.9. The predicted molar refractivity (Wildman–Crippen MR) is 72.0 cm³/mol. The summed E-state index contributed by atoms with van der Waals surface area (Å²) in [6, 6.07) is 0. The van der Waals surface area contributed by atoms with Gasteiger partial charge in [-0.1, -0.05) is 12.7 Å². The minimum Gasteiger partial charge on any atom is -0.399 e. The third-order valence-corrected chi connectivity index (χ3v) is 4.03. The van der Waals surface area contributed by atoms with Gasteiger partial charge in [-0.25, -0.2) is 8.78 Å². The molecule has 1 atom stereocenters. The largest absolute Gasteiger partial charge is 0.493 e. The van der Waals surface area contributed by atoms with E-state index in [4.69, 9.17) is 9.31 Å². The monoisotopic (exact) mass is 268 g/mol. The molecule has 104 valence electrons. The molecule has 0 spiro atoms. The standard InChI is InChI=1S/C14H19BF2O2/c1-9-8-10(16)6-7-11(12(9)17)15-18-13(2,3)14(4,5)19-15/h6-7,12H,1,8H2,2-5H3. The number of allylic oxidation sites excluding steroid dienone is 5. The van der Waals surface area contributed by atoms with Crippen LogP contribution in [0.5, 0.6) is 0 Å². The van der Waals surface area contributed by atoms with E-state index in [1.807, 2.05) is 27.7 Å². The maximum Gasteiger partial charge on any atom is 0.493 e. The Labute approximate surface area is 113 Å². The first-order chi connectivity index (χ1) is 8.64. The minimum absolute atomic E-state index is 0.0827. The lowest BCUT2D eigenvalue weighted by molar-refractivity contribution is 0.00578. The van der Waals surface area contributed by atoms with Crippen molar-refractivity contribution in [1.29, 1.82) is 0 Å². The molecule has 0 N–H and O–H groups in total. The van der Waals surface area contributed by atoms with Gasteiger partial charge in [0.2, 0.25) is 0 Å². The van der Waals surface area contributed by atoms with Crippen molar-refractivity contribution in [2.75, 3.05) is 0 Å². The number of hydrogen-bond acceptors (Lipinski definition) is 2. The second kappa shape index (κ2) is 4.56. The van der Waals surface area contributed by atoms with E-state index >= 15 is 0 Å². The zero-order valence-corrected chi connectivity index (χ0v) is 11.8. The topological polar surface area (TPSA) is 18.5 Å². The van der Waals surface area contributed by atoms with E-state index in [1.165, 1.54) is 12.2 Å². The summed E-state index contributed by atoms with van der Waals surface area (Å²) in [5.74, 6) is -0.404. The lowest BCUT2D eigenvalue weighted by atomic mass is 9.73. The van der Waals surface area contributed by atoms with Gasteiger partial charge in [0.15, 0.2) is 0 Å². The van der Waals surface area contributed by atoms with Gasteiger partial charge in [-0.3, -0.25) is 0 Å². The van der Waals surface area contributed by atoms with Crippen LogP contribution in [-0.2, 0) is 9.31 Å². The summed E-state index contributed by atoms with van der Waals surface area (Å²) in [4.78, 5) is 0. The first-order valence-corrected chi connectivity index (χ1v) is 6.37. The summed E-state index contributed by atoms with van der Waals surface area (Å²) in [7, 11) is -0.807. The van der Waals surface area contributed by atoms with Gasteiger partial charge in [-0.05, 0) is 44.8 Å². The van der Waals surface area contributed by atoms with E-state index in [0.717, 1.165) is 0 Å². The number of hydrogen-bond donors (Lipinski definition) is 0. The van der Waals surface area contributed by atoms with Crippen molar-refractivity contribution in [3.8, 4) is 0 Å². The lowest BCUT2D eigenvalue weighted by Crippen LogP contribution is -2.41. The van der Waals surface area contributed by atoms with Crippen LogP contribution in [0.1, 0.15) is 34.1 Å². The van der Waals surface area contributed by atoms with E-state index in [0.29, 0.717) is 0 Å². The molecule has 19 heavy (non-hydrogen) atoms. The molecular weight excluding hydrogens is 249 g/mol. The highest BCUT2D eigenvalue weighted by Gasteiger charge is 2.53. The molecule has 2 nitrogen and oxygen atoms in total. The molecule has 0 bridgehead atoms. The molecule has 1 heterocycles. The molecule has 0 radical (unpaired) electrons. The second-order valence-electron chi connectivity index (χ2n) is 6.07. The molecule has 0 amide bonds. The third-order valence-electron chi connectivity index (χ3n) is 4.03. The summed E-state index contributed by atoms with van der Waals surface area (Å²) >= 11 is 0. The Morgan fingerprint density at radius 1 is 1.21 bits per heavy atom. The summed E-state index contributed by atoms with van der Waals surface area (Å²) < 4.78 is 39.2. The molecule has 1 aliphatic heterocycles. The van der Waals surface area contributed by atoms with Crippen molar-refractivity contribution < 1.29 is 18.1 Å². The maximum atomic E-state index is 14.3. The van der Waals surface area contributed by atoms with Gasteiger partial charge >= 0.3 is 7.12 Å². The zero-order valence-electron chi connectivity index (χ0n) is 11.8. The van der Waals surface area contributed by atoms with Crippen LogP contribution < -0.4 is 0 Å². The Kier molecular flexibility index (Phi) is 3.48. The van der Waals surface area contributed by atoms with Gasteiger partial charge in [-0.15, -0.1) is 0 Å². The van der Waals surface area contributed by atoms with Gasteiger partial charge in [0.25, 0.3) is 0 Å². The summed E-state index contributed by atoms with van der Waals surface area (Å²) in [6.07, 6.45) is 1.13. The highest BCUT2D eigenvalue weighted by molar-refractivity contribution is 6.55. The number of halogens is 2. The summed E-state index contributed by atoms with van der Waals surface area (Å²) in [6.45, 7) is 11.2. The van der Waals surface area contributed by atoms with Crippen LogP contribution in [-0.4, -0.2) is 24.5 Å². The summed E-state index contributed by atoms with van der Waals surface area (Å²) in [5, 5.41) is 0. The highest BCUT2D eigenvalue weighted by atomic mass is 19.1. The fourth-order valence-corrected chi connectivity index (χ4v) is 2.05. The molecule has 5 heteroatoms. The molecule has 1 aliphatic carbocycles. The SMILES string of the molecule is C=C1CC(F)=CC=C(B2OC(C)(C)C(C)(C)O2)C1F. The van der Waals surface area contributed by atoms with Crippen molar-refractivity contribution in [1.82, 2.24) is 0 Å². The fraction of sp³-hybridized carbons (Fsp3) is 0.571. The van der Waals surface area contributed by atoms with Crippen LogP contribution in [0, 0.1) is 0 Å². The Morgan fingerprint density at radius 3 is 2.26 bits per heavy atom. The molecule has 0 aromatic rings. The average Bonchev–Trinajstić information content (AvgIpc) is 2.38. The number of alkyl halides is 1. The maximum absolute atomic E-state index is 14.3. The molecule has 1 fully saturated rings. The quantitative estimate of drug-likeness (QED) is 0.533. The van der Waals surface area contributed by atoms with Crippen LogP contribution in [0.15, 0.2) is 35.6 Å². The van der Waals surface area contributed by atoms with Crippen molar-refractivity contribution in [2.24, 2.45) is 0 Å². The molecule has 2 rings (SSSR count). The van der Waals surface area contributed by atoms with E-state index in [2.05, 4.69) is 6.58 Å². The molecule has 0 aromatic carbocycles. The van der Waals surface area contributed by atoms with Crippen molar-refractivity contribution >= 4 is 7.12 Å². The van der Waals surface area contributed by atoms with E-state index in [-0.39, 0.29) is 17.5 Å². The van der Waals surface area contributed by atoms with Gasteiger partial charge < -0.3 is 9.31 Å². The average molecular weight is 268 g/mol. The van der Waals surface area contributed by atoms with Gasteiger partial charge in [-0.2, -0.15) is 0 Å². The van der Waals surface area contributed by atoms with Gasteiger partial charge in [0.1, 0.15) is 12.0 Å². The van der Waals surface area contributed by atoms with Crippen LogP contribution in [0.25, 0.3) is 0 Å². The lowest BCUT2D eigenvalue weighted by Gasteiger charge is -2.32. The Morgan fingerprint density at radius 2 is 1.74 bits per heavy atom. The van der Waals surface area contributed by atoms with Crippen LogP contribution in [0.3, 0.4) is 0 Å². The van der Waals surface area contributed by atoms with Gasteiger partial charge in [0, 0.05) is 6.42 Å². The Balaban J connectivity index is 2.30. The van der Waals surface area contributed by atoms with Crippen molar-refractivity contribution in [2.45, 2.75) is 51.5 Å². The molecule has 1 unspecified atom stereocenters. The van der Waals surface area contributed by atoms with Gasteiger partial charge in [0.05, 0.1) is 11.2 Å². The van der Waals surface area contributed by atoms with E-state index in [9.17, 15) is 8.78 Å². The molecule has 1 saturated heterocycles. The predicted octanol–water partition coefficient (Wildman–Crippen LogP) is 3.70. The highest BCUT2D eigenvalue weighted by Crippen LogP contribution is 2.40. The van der Waals surface area contributed by atoms with Crippen LogP contribution in [0.4, 0.5) is 8.78 Å². The molecule has 0 aromatic heterocycles. The van der Waals surface area contributed by atoms with E-state index in [1.54, 1.807) is 0 Å². The third kappa shape index (κ3) is 2.54. The summed E-state index contributed by atoms with van der Waals surface area (Å²) in [5.41, 5.74) is -0.633. The first kappa shape index (κ1) is 14.5. The molecule has 2 aliphatic rings. The zero-order chi connectivity index (χ0) is 14.4. The smallest absolute Gasteiger partial charge is 0.399 e. The minimum atomic E-state index is -1.45. The first-order valence-electron chi connectivity index (χ1n) is 6.37. The van der Waals surface area contributed by atoms with E-state index < -0.39 is 30.3 Å². The van der Waals surface area contributed by atoms with Crippen LogP contribution in [0.2, 0.25) is 0 Å².